The van der Waals surface area contributed by atoms with Gasteiger partial charge in [0.2, 0.25) is 5.88 Å². The third-order valence-corrected chi connectivity index (χ3v) is 5.77. The van der Waals surface area contributed by atoms with Gasteiger partial charge < -0.3 is 14.8 Å². The Kier molecular flexibility index (Phi) is 5.90. The van der Waals surface area contributed by atoms with Gasteiger partial charge in [0.1, 0.15) is 18.2 Å². The second kappa shape index (κ2) is 8.92. The lowest BCUT2D eigenvalue weighted by Gasteiger charge is -2.10. The molecule has 0 aliphatic rings. The summed E-state index contributed by atoms with van der Waals surface area (Å²) in [6.07, 6.45) is 1.62. The van der Waals surface area contributed by atoms with Crippen LogP contribution < -0.4 is 14.8 Å². The van der Waals surface area contributed by atoms with Gasteiger partial charge in [-0.05, 0) is 30.3 Å². The number of hydrogen-bond donors (Lipinski definition) is 1. The van der Waals surface area contributed by atoms with Crippen molar-refractivity contribution in [3.63, 3.8) is 0 Å². The molecule has 4 aromatic rings. The van der Waals surface area contributed by atoms with Crippen molar-refractivity contribution in [3.8, 4) is 11.6 Å². The average Bonchev–Trinajstić information content (AvgIpc) is 3.17. The van der Waals surface area contributed by atoms with Crippen LogP contribution in [0.1, 0.15) is 20.8 Å². The summed E-state index contributed by atoms with van der Waals surface area (Å²) in [5.41, 5.74) is 1.29. The predicted octanol–water partition coefficient (Wildman–Crippen LogP) is 4.95. The quantitative estimate of drug-likeness (QED) is 0.458. The molecule has 0 fully saturated rings. The van der Waals surface area contributed by atoms with Crippen LogP contribution in [0.3, 0.4) is 0 Å². The number of carbonyl (C=O) groups is 1. The Morgan fingerprint density at radius 2 is 1.93 bits per heavy atom. The topological polar surface area (TPSA) is 60.5 Å². The number of pyridine rings is 1. The first-order valence-electron chi connectivity index (χ1n) is 9.31. The van der Waals surface area contributed by atoms with Gasteiger partial charge in [0.25, 0.3) is 5.91 Å². The molecule has 0 aliphatic carbocycles. The van der Waals surface area contributed by atoms with Crippen molar-refractivity contribution < 1.29 is 18.7 Å². The zero-order valence-electron chi connectivity index (χ0n) is 16.2. The van der Waals surface area contributed by atoms with Crippen LogP contribution in [0.25, 0.3) is 10.1 Å². The molecule has 0 atom stereocenters. The molecule has 0 aliphatic heterocycles. The van der Waals surface area contributed by atoms with Crippen LogP contribution in [-0.2, 0) is 13.2 Å². The average molecular weight is 422 g/mol. The molecule has 1 amide bonds. The molecule has 2 aromatic carbocycles. The Hall–Kier alpha value is -3.45. The van der Waals surface area contributed by atoms with E-state index in [1.165, 1.54) is 24.5 Å². The van der Waals surface area contributed by atoms with E-state index in [2.05, 4.69) is 10.3 Å². The summed E-state index contributed by atoms with van der Waals surface area (Å²) < 4.78 is 26.4. The monoisotopic (exact) mass is 422 g/mol. The first-order valence-corrected chi connectivity index (χ1v) is 10.1. The van der Waals surface area contributed by atoms with Crippen molar-refractivity contribution in [2.45, 2.75) is 13.2 Å². The van der Waals surface area contributed by atoms with Crippen molar-refractivity contribution in [2.24, 2.45) is 0 Å². The molecule has 7 heteroatoms. The summed E-state index contributed by atoms with van der Waals surface area (Å²) in [4.78, 5) is 17.5. The molecule has 30 heavy (non-hydrogen) atoms. The Labute approximate surface area is 177 Å². The second-order valence-corrected chi connectivity index (χ2v) is 7.53. The van der Waals surface area contributed by atoms with E-state index in [0.717, 1.165) is 5.56 Å². The third kappa shape index (κ3) is 4.11. The molecule has 4 rings (SSSR count). The van der Waals surface area contributed by atoms with Crippen LogP contribution in [0.5, 0.6) is 11.6 Å². The molecule has 152 valence electrons. The molecular weight excluding hydrogens is 403 g/mol. The van der Waals surface area contributed by atoms with Gasteiger partial charge in [0.05, 0.1) is 12.0 Å². The normalized spacial score (nSPS) is 10.7. The Bertz CT molecular complexity index is 1180. The van der Waals surface area contributed by atoms with Gasteiger partial charge in [-0.2, -0.15) is 0 Å². The maximum absolute atomic E-state index is 14.6. The number of methoxy groups -OCH3 is 1. The number of para-hydroxylation sites is 1. The van der Waals surface area contributed by atoms with E-state index in [9.17, 15) is 9.18 Å². The predicted molar refractivity (Wildman–Crippen MR) is 115 cm³/mol. The minimum absolute atomic E-state index is 0.0872. The molecule has 5 nitrogen and oxygen atoms in total. The van der Waals surface area contributed by atoms with Gasteiger partial charge in [-0.25, -0.2) is 9.37 Å². The Morgan fingerprint density at radius 1 is 1.10 bits per heavy atom. The highest BCUT2D eigenvalue weighted by atomic mass is 32.1. The lowest BCUT2D eigenvalue weighted by molar-refractivity contribution is 0.0952. The standard InChI is InChI=1S/C23H19FN2O3S/c1-28-23-15(7-6-12-25-23)13-26-22(27)21-17(14-29-16-8-3-2-4-9-16)20-18(24)10-5-11-19(20)30-21/h2-12H,13-14H2,1H3,(H,26,27). The highest BCUT2D eigenvalue weighted by molar-refractivity contribution is 7.21. The largest absolute Gasteiger partial charge is 0.489 e. The minimum atomic E-state index is -0.372. The van der Waals surface area contributed by atoms with E-state index in [1.807, 2.05) is 36.4 Å². The van der Waals surface area contributed by atoms with Crippen LogP contribution in [-0.4, -0.2) is 18.0 Å². The first-order chi connectivity index (χ1) is 14.7. The van der Waals surface area contributed by atoms with Crippen molar-refractivity contribution in [1.82, 2.24) is 10.3 Å². The highest BCUT2D eigenvalue weighted by Gasteiger charge is 2.21. The lowest BCUT2D eigenvalue weighted by atomic mass is 10.1. The van der Waals surface area contributed by atoms with Gasteiger partial charge >= 0.3 is 0 Å². The molecule has 0 saturated carbocycles. The van der Waals surface area contributed by atoms with Gasteiger partial charge in [-0.1, -0.05) is 30.3 Å². The first kappa shape index (κ1) is 19.8. The van der Waals surface area contributed by atoms with Crippen LogP contribution in [0.2, 0.25) is 0 Å². The molecule has 0 radical (unpaired) electrons. The third-order valence-electron chi connectivity index (χ3n) is 4.58. The maximum atomic E-state index is 14.6. The summed E-state index contributed by atoms with van der Waals surface area (Å²) >= 11 is 1.25. The number of nitrogens with one attached hydrogen (secondary N) is 1. The van der Waals surface area contributed by atoms with E-state index < -0.39 is 0 Å². The van der Waals surface area contributed by atoms with Crippen LogP contribution in [0.15, 0.2) is 66.9 Å². The molecule has 1 N–H and O–H groups in total. The highest BCUT2D eigenvalue weighted by Crippen LogP contribution is 2.34. The second-order valence-electron chi connectivity index (χ2n) is 6.48. The van der Waals surface area contributed by atoms with Crippen LogP contribution >= 0.6 is 11.3 Å². The molecule has 0 spiro atoms. The summed E-state index contributed by atoms with van der Waals surface area (Å²) in [5, 5.41) is 3.30. The number of ether oxygens (including phenoxy) is 2. The molecular formula is C23H19FN2O3S. The number of aromatic nitrogens is 1. The number of benzene rings is 2. The maximum Gasteiger partial charge on any atom is 0.262 e. The minimum Gasteiger partial charge on any atom is -0.489 e. The van der Waals surface area contributed by atoms with E-state index in [0.29, 0.717) is 32.2 Å². The number of halogens is 1. The molecule has 0 bridgehead atoms. The zero-order chi connectivity index (χ0) is 20.9. The van der Waals surface area contributed by atoms with E-state index >= 15 is 0 Å². The number of fused-ring (bicyclic) bond motifs is 1. The SMILES string of the molecule is COc1ncccc1CNC(=O)c1sc2cccc(F)c2c1COc1ccccc1. The van der Waals surface area contributed by atoms with E-state index in [1.54, 1.807) is 24.4 Å². The molecule has 2 heterocycles. The summed E-state index contributed by atoms with van der Waals surface area (Å²) in [5.74, 6) is 0.434. The smallest absolute Gasteiger partial charge is 0.262 e. The zero-order valence-corrected chi connectivity index (χ0v) is 17.0. The summed E-state index contributed by atoms with van der Waals surface area (Å²) in [7, 11) is 1.53. The lowest BCUT2D eigenvalue weighted by Crippen LogP contribution is -2.23. The summed E-state index contributed by atoms with van der Waals surface area (Å²) in [6, 6.07) is 17.7. The van der Waals surface area contributed by atoms with Crippen molar-refractivity contribution in [1.29, 1.82) is 0 Å². The summed E-state index contributed by atoms with van der Waals surface area (Å²) in [6.45, 7) is 0.329. The van der Waals surface area contributed by atoms with Gasteiger partial charge in [0, 0.05) is 34.0 Å². The number of rotatable bonds is 7. The van der Waals surface area contributed by atoms with Crippen LogP contribution in [0.4, 0.5) is 4.39 Å². The fraction of sp³-hybridized carbons (Fsp3) is 0.130. The van der Waals surface area contributed by atoms with Crippen molar-refractivity contribution >= 4 is 27.3 Å². The van der Waals surface area contributed by atoms with Gasteiger partial charge in [-0.15, -0.1) is 11.3 Å². The van der Waals surface area contributed by atoms with Crippen molar-refractivity contribution in [2.75, 3.05) is 7.11 Å². The Balaban J connectivity index is 1.62. The van der Waals surface area contributed by atoms with Gasteiger partial charge in [0.15, 0.2) is 0 Å². The van der Waals surface area contributed by atoms with Gasteiger partial charge in [-0.3, -0.25) is 4.79 Å². The fourth-order valence-corrected chi connectivity index (χ4v) is 4.30. The molecule has 0 unspecified atom stereocenters. The molecule has 2 aromatic heterocycles. The number of hydrogen-bond acceptors (Lipinski definition) is 5. The fourth-order valence-electron chi connectivity index (χ4n) is 3.16. The molecule has 0 saturated heterocycles. The number of nitrogens with zero attached hydrogens (tertiary/aromatic N) is 1. The Morgan fingerprint density at radius 3 is 2.73 bits per heavy atom. The van der Waals surface area contributed by atoms with Crippen LogP contribution in [0, 0.1) is 5.82 Å². The van der Waals surface area contributed by atoms with E-state index in [4.69, 9.17) is 9.47 Å². The number of carbonyl (C=O) groups excluding carboxylic acids is 1. The number of amides is 1. The number of thiophene rings is 1. The van der Waals surface area contributed by atoms with Crippen molar-refractivity contribution in [3.05, 3.63) is 88.7 Å². The van der Waals surface area contributed by atoms with E-state index in [-0.39, 0.29) is 24.9 Å².